The van der Waals surface area contributed by atoms with Gasteiger partial charge in [-0.05, 0) is 32.7 Å². The second kappa shape index (κ2) is 5.49. The Hall–Kier alpha value is -0.410. The third-order valence-corrected chi connectivity index (χ3v) is 4.31. The van der Waals surface area contributed by atoms with E-state index in [1.807, 2.05) is 7.05 Å². The molecule has 0 saturated heterocycles. The number of aliphatic hydroxyl groups is 1. The van der Waals surface area contributed by atoms with Gasteiger partial charge < -0.3 is 10.0 Å². The van der Waals surface area contributed by atoms with E-state index < -0.39 is 5.60 Å². The molecule has 3 heteroatoms. The van der Waals surface area contributed by atoms with E-state index in [0.29, 0.717) is 5.78 Å². The van der Waals surface area contributed by atoms with Crippen molar-refractivity contribution in [2.24, 2.45) is 5.92 Å². The first-order chi connectivity index (χ1) is 8.09. The van der Waals surface area contributed by atoms with Crippen molar-refractivity contribution >= 4 is 5.78 Å². The molecule has 0 bridgehead atoms. The number of rotatable bonds is 4. The van der Waals surface area contributed by atoms with Gasteiger partial charge in [-0.3, -0.25) is 4.79 Å². The molecule has 2 rings (SSSR count). The van der Waals surface area contributed by atoms with Crippen molar-refractivity contribution in [3.8, 4) is 0 Å². The monoisotopic (exact) mass is 239 g/mol. The topological polar surface area (TPSA) is 40.5 Å². The van der Waals surface area contributed by atoms with Crippen LogP contribution in [-0.2, 0) is 4.79 Å². The first kappa shape index (κ1) is 13.0. The molecule has 0 spiro atoms. The zero-order valence-corrected chi connectivity index (χ0v) is 11.0. The molecule has 1 atom stereocenters. The summed E-state index contributed by atoms with van der Waals surface area (Å²) in [4.78, 5) is 13.9. The highest BCUT2D eigenvalue weighted by molar-refractivity contribution is 5.81. The number of likely N-dealkylation sites (N-methyl/N-ethyl adjacent to an activating group) is 1. The molecule has 2 aliphatic rings. The Labute approximate surface area is 104 Å². The Bertz CT molecular complexity index is 271. The largest absolute Gasteiger partial charge is 0.389 e. The summed E-state index contributed by atoms with van der Waals surface area (Å²) < 4.78 is 0. The van der Waals surface area contributed by atoms with Gasteiger partial charge in [0.25, 0.3) is 0 Å². The molecule has 0 aromatic heterocycles. The molecule has 2 aliphatic carbocycles. The molecule has 98 valence electrons. The summed E-state index contributed by atoms with van der Waals surface area (Å²) in [6, 6.07) is 0. The number of hydrogen-bond acceptors (Lipinski definition) is 3. The number of hydrogen-bond donors (Lipinski definition) is 1. The molecular formula is C14H25NO2. The fraction of sp³-hybridized carbons (Fsp3) is 0.929. The standard InChI is InChI=1S/C14H25NO2/c1-15(11-14(17)8-4-5-9-14)10-12-6-2-3-7-13(12)16/h12,17H,2-11H2,1H3. The molecule has 17 heavy (non-hydrogen) atoms. The molecule has 1 unspecified atom stereocenters. The highest BCUT2D eigenvalue weighted by atomic mass is 16.3. The lowest BCUT2D eigenvalue weighted by Crippen LogP contribution is -2.42. The molecule has 1 N–H and O–H groups in total. The first-order valence-electron chi connectivity index (χ1n) is 7.03. The van der Waals surface area contributed by atoms with Crippen molar-refractivity contribution in [1.82, 2.24) is 4.90 Å². The fourth-order valence-electron chi connectivity index (χ4n) is 3.38. The molecule has 2 fully saturated rings. The Balaban J connectivity index is 1.79. The average molecular weight is 239 g/mol. The van der Waals surface area contributed by atoms with Crippen LogP contribution in [0.1, 0.15) is 51.4 Å². The average Bonchev–Trinajstić information content (AvgIpc) is 2.68. The summed E-state index contributed by atoms with van der Waals surface area (Å²) >= 11 is 0. The van der Waals surface area contributed by atoms with Gasteiger partial charge in [0, 0.05) is 25.4 Å². The summed E-state index contributed by atoms with van der Waals surface area (Å²) in [6.45, 7) is 1.57. The van der Waals surface area contributed by atoms with E-state index in [1.165, 1.54) is 6.42 Å². The summed E-state index contributed by atoms with van der Waals surface area (Å²) in [7, 11) is 2.04. The maximum absolute atomic E-state index is 11.8. The Kier molecular flexibility index (Phi) is 4.21. The Morgan fingerprint density at radius 1 is 1.29 bits per heavy atom. The van der Waals surface area contributed by atoms with Crippen molar-refractivity contribution < 1.29 is 9.90 Å². The third-order valence-electron chi connectivity index (χ3n) is 4.31. The molecule has 0 heterocycles. The van der Waals surface area contributed by atoms with Crippen molar-refractivity contribution in [3.05, 3.63) is 0 Å². The van der Waals surface area contributed by atoms with Gasteiger partial charge >= 0.3 is 0 Å². The minimum absolute atomic E-state index is 0.221. The van der Waals surface area contributed by atoms with Gasteiger partial charge in [0.15, 0.2) is 0 Å². The van der Waals surface area contributed by atoms with Crippen LogP contribution in [-0.4, -0.2) is 41.5 Å². The minimum Gasteiger partial charge on any atom is -0.389 e. The lowest BCUT2D eigenvalue weighted by atomic mass is 9.87. The van der Waals surface area contributed by atoms with Crippen LogP contribution in [0.3, 0.4) is 0 Å². The summed E-state index contributed by atoms with van der Waals surface area (Å²) in [6.07, 6.45) is 8.22. The lowest BCUT2D eigenvalue weighted by molar-refractivity contribution is -0.125. The van der Waals surface area contributed by atoms with Crippen LogP contribution in [0.2, 0.25) is 0 Å². The van der Waals surface area contributed by atoms with Gasteiger partial charge in [0.05, 0.1) is 5.60 Å². The Morgan fingerprint density at radius 2 is 2.00 bits per heavy atom. The smallest absolute Gasteiger partial charge is 0.137 e. The highest BCUT2D eigenvalue weighted by Crippen LogP contribution is 2.30. The predicted molar refractivity (Wildman–Crippen MR) is 67.9 cm³/mol. The molecule has 0 aromatic carbocycles. The highest BCUT2D eigenvalue weighted by Gasteiger charge is 2.33. The molecule has 3 nitrogen and oxygen atoms in total. The summed E-state index contributed by atoms with van der Waals surface area (Å²) in [5, 5.41) is 10.3. The zero-order valence-electron chi connectivity index (χ0n) is 11.0. The van der Waals surface area contributed by atoms with Crippen LogP contribution < -0.4 is 0 Å². The van der Waals surface area contributed by atoms with Gasteiger partial charge in [-0.2, -0.15) is 0 Å². The van der Waals surface area contributed by atoms with E-state index >= 15 is 0 Å². The van der Waals surface area contributed by atoms with Crippen LogP contribution in [0.4, 0.5) is 0 Å². The van der Waals surface area contributed by atoms with Gasteiger partial charge in [0.1, 0.15) is 5.78 Å². The Morgan fingerprint density at radius 3 is 2.65 bits per heavy atom. The maximum Gasteiger partial charge on any atom is 0.137 e. The number of carbonyl (C=O) groups is 1. The van der Waals surface area contributed by atoms with Gasteiger partial charge in [-0.25, -0.2) is 0 Å². The van der Waals surface area contributed by atoms with Gasteiger partial charge in [-0.15, -0.1) is 0 Å². The third kappa shape index (κ3) is 3.52. The van der Waals surface area contributed by atoms with E-state index in [4.69, 9.17) is 0 Å². The second-order valence-corrected chi connectivity index (χ2v) is 6.04. The second-order valence-electron chi connectivity index (χ2n) is 6.04. The minimum atomic E-state index is -0.480. The zero-order chi connectivity index (χ0) is 12.3. The quantitative estimate of drug-likeness (QED) is 0.815. The SMILES string of the molecule is CN(CC1CCCCC1=O)CC1(O)CCCC1. The van der Waals surface area contributed by atoms with Crippen LogP contribution in [0.25, 0.3) is 0 Å². The van der Waals surface area contributed by atoms with Crippen LogP contribution in [0.15, 0.2) is 0 Å². The van der Waals surface area contributed by atoms with Crippen molar-refractivity contribution in [2.45, 2.75) is 57.0 Å². The maximum atomic E-state index is 11.8. The number of carbonyl (C=O) groups excluding carboxylic acids is 1. The molecule has 0 radical (unpaired) electrons. The summed E-state index contributed by atoms with van der Waals surface area (Å²) in [5.41, 5.74) is -0.480. The van der Waals surface area contributed by atoms with Crippen molar-refractivity contribution in [3.63, 3.8) is 0 Å². The van der Waals surface area contributed by atoms with E-state index in [-0.39, 0.29) is 5.92 Å². The van der Waals surface area contributed by atoms with Crippen LogP contribution >= 0.6 is 0 Å². The normalized spacial score (nSPS) is 28.9. The van der Waals surface area contributed by atoms with Gasteiger partial charge in [0.2, 0.25) is 0 Å². The van der Waals surface area contributed by atoms with E-state index in [2.05, 4.69) is 4.90 Å². The molecule has 0 aromatic rings. The van der Waals surface area contributed by atoms with E-state index in [0.717, 1.165) is 58.0 Å². The lowest BCUT2D eigenvalue weighted by Gasteiger charge is -2.31. The van der Waals surface area contributed by atoms with Crippen molar-refractivity contribution in [2.75, 3.05) is 20.1 Å². The number of nitrogens with zero attached hydrogens (tertiary/aromatic N) is 1. The molecular weight excluding hydrogens is 214 g/mol. The van der Waals surface area contributed by atoms with Gasteiger partial charge in [-0.1, -0.05) is 19.3 Å². The van der Waals surface area contributed by atoms with Crippen molar-refractivity contribution in [1.29, 1.82) is 0 Å². The van der Waals surface area contributed by atoms with E-state index in [9.17, 15) is 9.90 Å². The predicted octanol–water partition coefficient (Wildman–Crippen LogP) is 1.98. The van der Waals surface area contributed by atoms with Crippen LogP contribution in [0, 0.1) is 5.92 Å². The summed E-state index contributed by atoms with van der Waals surface area (Å²) in [5.74, 6) is 0.653. The van der Waals surface area contributed by atoms with Crippen LogP contribution in [0.5, 0.6) is 0 Å². The molecule has 0 amide bonds. The molecule has 0 aliphatic heterocycles. The number of ketones is 1. The van der Waals surface area contributed by atoms with E-state index in [1.54, 1.807) is 0 Å². The fourth-order valence-corrected chi connectivity index (χ4v) is 3.38. The number of Topliss-reactive ketones (excluding diaryl/α,β-unsaturated/α-hetero) is 1. The molecule has 2 saturated carbocycles. The first-order valence-corrected chi connectivity index (χ1v) is 7.03.